The van der Waals surface area contributed by atoms with Crippen LogP contribution in [0.2, 0.25) is 0 Å². The minimum Gasteiger partial charge on any atom is -0.489 e. The molecule has 0 saturated carbocycles. The van der Waals surface area contributed by atoms with E-state index >= 15 is 0 Å². The number of aromatic nitrogens is 2. The van der Waals surface area contributed by atoms with Crippen molar-refractivity contribution in [3.63, 3.8) is 0 Å². The molecule has 0 unspecified atom stereocenters. The minimum atomic E-state index is -0.0562. The first-order valence-corrected chi connectivity index (χ1v) is 8.80. The lowest BCUT2D eigenvalue weighted by Gasteiger charge is -2.30. The average molecular weight is 425 g/mol. The fourth-order valence-corrected chi connectivity index (χ4v) is 3.60. The van der Waals surface area contributed by atoms with Crippen LogP contribution in [0, 0.1) is 24.3 Å². The summed E-state index contributed by atoms with van der Waals surface area (Å²) in [5, 5.41) is 4.50. The maximum Gasteiger partial charge on any atom is 0.280 e. The molecule has 0 atom stereocenters. The number of carbonyl (C=O) groups is 1. The Kier molecular flexibility index (Phi) is 4.35. The van der Waals surface area contributed by atoms with Crippen LogP contribution in [0.3, 0.4) is 0 Å². The number of aryl methyl sites for hydroxylation is 3. The van der Waals surface area contributed by atoms with Gasteiger partial charge in [-0.05, 0) is 67.5 Å². The number of halogens is 1. The molecule has 6 heteroatoms. The van der Waals surface area contributed by atoms with E-state index in [0.717, 1.165) is 38.4 Å². The molecule has 1 aliphatic rings. The SMILES string of the molecule is CCn1nc(C(=O)N2CCOc3c(C)cc(C)cc32)c(I)c1C. The Morgan fingerprint density at radius 1 is 1.35 bits per heavy atom. The third-order valence-corrected chi connectivity index (χ3v) is 5.42. The fraction of sp³-hybridized carbons (Fsp3) is 0.412. The normalized spacial score (nSPS) is 13.7. The van der Waals surface area contributed by atoms with Gasteiger partial charge in [0, 0.05) is 12.2 Å². The molecule has 1 amide bonds. The molecule has 0 radical (unpaired) electrons. The summed E-state index contributed by atoms with van der Waals surface area (Å²) in [5.74, 6) is 0.746. The zero-order chi connectivity index (χ0) is 16.7. The van der Waals surface area contributed by atoms with Gasteiger partial charge in [0.25, 0.3) is 5.91 Å². The number of fused-ring (bicyclic) bond motifs is 1. The highest BCUT2D eigenvalue weighted by Crippen LogP contribution is 2.37. The van der Waals surface area contributed by atoms with E-state index in [2.05, 4.69) is 33.8 Å². The summed E-state index contributed by atoms with van der Waals surface area (Å²) in [4.78, 5) is 14.9. The van der Waals surface area contributed by atoms with Gasteiger partial charge >= 0.3 is 0 Å². The molecule has 2 heterocycles. The van der Waals surface area contributed by atoms with Gasteiger partial charge in [-0.3, -0.25) is 14.4 Å². The quantitative estimate of drug-likeness (QED) is 0.693. The molecule has 1 aromatic carbocycles. The maximum atomic E-state index is 13.1. The summed E-state index contributed by atoms with van der Waals surface area (Å²) < 4.78 is 8.58. The molecule has 23 heavy (non-hydrogen) atoms. The predicted molar refractivity (Wildman–Crippen MR) is 98.4 cm³/mol. The third kappa shape index (κ3) is 2.73. The van der Waals surface area contributed by atoms with Crippen molar-refractivity contribution in [1.82, 2.24) is 9.78 Å². The maximum absolute atomic E-state index is 13.1. The lowest BCUT2D eigenvalue weighted by molar-refractivity contribution is 0.0970. The van der Waals surface area contributed by atoms with Gasteiger partial charge in [0.05, 0.1) is 15.8 Å². The average Bonchev–Trinajstić information content (AvgIpc) is 2.81. The van der Waals surface area contributed by atoms with Crippen LogP contribution in [-0.4, -0.2) is 28.8 Å². The van der Waals surface area contributed by atoms with Crippen LogP contribution in [0.1, 0.15) is 34.2 Å². The largest absolute Gasteiger partial charge is 0.489 e. The Bertz CT molecular complexity index is 783. The van der Waals surface area contributed by atoms with Gasteiger partial charge in [0.2, 0.25) is 0 Å². The molecule has 122 valence electrons. The molecule has 1 aliphatic heterocycles. The Morgan fingerprint density at radius 2 is 2.09 bits per heavy atom. The van der Waals surface area contributed by atoms with Crippen molar-refractivity contribution in [3.8, 4) is 5.75 Å². The van der Waals surface area contributed by atoms with Gasteiger partial charge in [-0.2, -0.15) is 5.10 Å². The van der Waals surface area contributed by atoms with E-state index in [1.54, 1.807) is 4.90 Å². The molecule has 0 saturated heterocycles. The number of benzene rings is 1. The first kappa shape index (κ1) is 16.3. The van der Waals surface area contributed by atoms with Crippen LogP contribution in [-0.2, 0) is 6.54 Å². The fourth-order valence-electron chi connectivity index (χ4n) is 2.99. The number of hydrogen-bond acceptors (Lipinski definition) is 3. The monoisotopic (exact) mass is 425 g/mol. The molecular weight excluding hydrogens is 405 g/mol. The van der Waals surface area contributed by atoms with Crippen molar-refractivity contribution in [2.24, 2.45) is 0 Å². The molecule has 2 aromatic rings. The molecule has 1 aromatic heterocycles. The standard InChI is InChI=1S/C17H20IN3O2/c1-5-21-12(4)14(18)15(19-21)17(22)20-6-7-23-16-11(3)8-10(2)9-13(16)20/h8-9H,5-7H2,1-4H3. The molecule has 0 bridgehead atoms. The summed E-state index contributed by atoms with van der Waals surface area (Å²) in [7, 11) is 0. The summed E-state index contributed by atoms with van der Waals surface area (Å²) in [6.45, 7) is 9.88. The van der Waals surface area contributed by atoms with Crippen LogP contribution in [0.25, 0.3) is 0 Å². The van der Waals surface area contributed by atoms with Crippen LogP contribution in [0.5, 0.6) is 5.75 Å². The zero-order valence-electron chi connectivity index (χ0n) is 13.8. The van der Waals surface area contributed by atoms with Gasteiger partial charge in [-0.25, -0.2) is 0 Å². The van der Waals surface area contributed by atoms with Crippen LogP contribution in [0.4, 0.5) is 5.69 Å². The molecule has 0 N–H and O–H groups in total. The highest BCUT2D eigenvalue weighted by molar-refractivity contribution is 14.1. The van der Waals surface area contributed by atoms with Crippen molar-refractivity contribution >= 4 is 34.2 Å². The van der Waals surface area contributed by atoms with E-state index in [0.29, 0.717) is 18.8 Å². The van der Waals surface area contributed by atoms with Crippen molar-refractivity contribution in [2.45, 2.75) is 34.2 Å². The smallest absolute Gasteiger partial charge is 0.280 e. The summed E-state index contributed by atoms with van der Waals surface area (Å²) in [5.41, 5.74) is 4.58. The number of rotatable bonds is 2. The van der Waals surface area contributed by atoms with Gasteiger partial charge in [-0.15, -0.1) is 0 Å². The highest BCUT2D eigenvalue weighted by Gasteiger charge is 2.29. The number of carbonyl (C=O) groups excluding carboxylic acids is 1. The predicted octanol–water partition coefficient (Wildman–Crippen LogP) is 3.47. The second-order valence-corrected chi connectivity index (χ2v) is 6.88. The summed E-state index contributed by atoms with van der Waals surface area (Å²) in [6.07, 6.45) is 0. The Balaban J connectivity index is 2.06. The van der Waals surface area contributed by atoms with Crippen molar-refractivity contribution in [3.05, 3.63) is 38.2 Å². The topological polar surface area (TPSA) is 47.4 Å². The first-order chi connectivity index (χ1) is 10.9. The van der Waals surface area contributed by atoms with E-state index in [1.165, 1.54) is 0 Å². The Hall–Kier alpha value is -1.57. The van der Waals surface area contributed by atoms with Crippen LogP contribution >= 0.6 is 22.6 Å². The second-order valence-electron chi connectivity index (χ2n) is 5.80. The molecular formula is C17H20IN3O2. The van der Waals surface area contributed by atoms with Crippen LogP contribution in [0.15, 0.2) is 12.1 Å². The second kappa shape index (κ2) is 6.14. The van der Waals surface area contributed by atoms with E-state index < -0.39 is 0 Å². The van der Waals surface area contributed by atoms with Gasteiger partial charge in [-0.1, -0.05) is 6.07 Å². The molecule has 0 aliphatic carbocycles. The zero-order valence-corrected chi connectivity index (χ0v) is 16.0. The van der Waals surface area contributed by atoms with Crippen molar-refractivity contribution in [1.29, 1.82) is 0 Å². The first-order valence-electron chi connectivity index (χ1n) is 7.72. The minimum absolute atomic E-state index is 0.0562. The van der Waals surface area contributed by atoms with E-state index in [1.807, 2.05) is 38.4 Å². The lowest BCUT2D eigenvalue weighted by atomic mass is 10.1. The van der Waals surface area contributed by atoms with E-state index in [4.69, 9.17) is 4.74 Å². The number of ether oxygens (including phenoxy) is 1. The van der Waals surface area contributed by atoms with Gasteiger partial charge in [0.15, 0.2) is 5.69 Å². The third-order valence-electron chi connectivity index (χ3n) is 4.13. The molecule has 0 fully saturated rings. The van der Waals surface area contributed by atoms with Crippen molar-refractivity contribution in [2.75, 3.05) is 18.1 Å². The van der Waals surface area contributed by atoms with Gasteiger partial charge < -0.3 is 4.74 Å². The van der Waals surface area contributed by atoms with Crippen molar-refractivity contribution < 1.29 is 9.53 Å². The number of hydrogen-bond donors (Lipinski definition) is 0. The summed E-state index contributed by atoms with van der Waals surface area (Å²) in [6, 6.07) is 4.09. The Labute approximate surface area is 149 Å². The van der Waals surface area contributed by atoms with Crippen LogP contribution < -0.4 is 9.64 Å². The van der Waals surface area contributed by atoms with E-state index in [9.17, 15) is 4.79 Å². The Morgan fingerprint density at radius 3 is 2.74 bits per heavy atom. The number of anilines is 1. The molecule has 3 rings (SSSR count). The number of amides is 1. The summed E-state index contributed by atoms with van der Waals surface area (Å²) >= 11 is 2.21. The lowest BCUT2D eigenvalue weighted by Crippen LogP contribution is -2.38. The molecule has 0 spiro atoms. The number of nitrogens with zero attached hydrogens (tertiary/aromatic N) is 3. The van der Waals surface area contributed by atoms with E-state index in [-0.39, 0.29) is 5.91 Å². The molecule has 5 nitrogen and oxygen atoms in total. The van der Waals surface area contributed by atoms with Gasteiger partial charge in [0.1, 0.15) is 12.4 Å². The highest BCUT2D eigenvalue weighted by atomic mass is 127.